The number of phenols is 1. The van der Waals surface area contributed by atoms with Gasteiger partial charge in [0.2, 0.25) is 0 Å². The van der Waals surface area contributed by atoms with Crippen LogP contribution in [-0.2, 0) is 13.1 Å². The molecule has 2 rings (SSSR count). The number of nitrogens with one attached hydrogen (secondary N) is 1. The summed E-state index contributed by atoms with van der Waals surface area (Å²) in [4.78, 5) is 4.23. The Kier molecular flexibility index (Phi) is 3.73. The van der Waals surface area contributed by atoms with E-state index in [2.05, 4.69) is 16.4 Å². The molecule has 2 aromatic rings. The van der Waals surface area contributed by atoms with Gasteiger partial charge in [0.15, 0.2) is 0 Å². The Morgan fingerprint density at radius 1 is 1.12 bits per heavy atom. The average Bonchev–Trinajstić information content (AvgIpc) is 2.34. The number of pyridine rings is 1. The van der Waals surface area contributed by atoms with Crippen molar-refractivity contribution in [1.29, 1.82) is 0 Å². The first-order valence-corrected chi connectivity index (χ1v) is 5.65. The molecule has 0 aliphatic rings. The van der Waals surface area contributed by atoms with E-state index >= 15 is 0 Å². The fourth-order valence-corrected chi connectivity index (χ4v) is 1.60. The van der Waals surface area contributed by atoms with E-state index in [9.17, 15) is 5.11 Å². The Morgan fingerprint density at radius 2 is 1.94 bits per heavy atom. The van der Waals surface area contributed by atoms with Crippen LogP contribution in [0.25, 0.3) is 0 Å². The number of nitrogens with zero attached hydrogens (tertiary/aromatic N) is 1. The van der Waals surface area contributed by atoms with Crippen molar-refractivity contribution in [3.63, 3.8) is 0 Å². The van der Waals surface area contributed by atoms with E-state index in [0.29, 0.717) is 12.3 Å². The van der Waals surface area contributed by atoms with Gasteiger partial charge in [0, 0.05) is 30.5 Å². The van der Waals surface area contributed by atoms with Gasteiger partial charge in [-0.2, -0.15) is 0 Å². The number of rotatable bonds is 4. The SMILES string of the molecule is Cc1ccc(CNCc2ccccc2O)cn1. The summed E-state index contributed by atoms with van der Waals surface area (Å²) >= 11 is 0. The van der Waals surface area contributed by atoms with Crippen molar-refractivity contribution in [3.05, 3.63) is 59.4 Å². The molecule has 0 saturated heterocycles. The van der Waals surface area contributed by atoms with Crippen molar-refractivity contribution >= 4 is 0 Å². The molecule has 0 spiro atoms. The van der Waals surface area contributed by atoms with Crippen molar-refractivity contribution in [2.24, 2.45) is 0 Å². The first kappa shape index (κ1) is 11.6. The quantitative estimate of drug-likeness (QED) is 0.844. The zero-order valence-corrected chi connectivity index (χ0v) is 9.85. The number of phenolic OH excluding ortho intramolecular Hbond substituents is 1. The van der Waals surface area contributed by atoms with Gasteiger partial charge in [0.25, 0.3) is 0 Å². The summed E-state index contributed by atoms with van der Waals surface area (Å²) in [5, 5.41) is 12.9. The molecule has 3 nitrogen and oxygen atoms in total. The third-order valence-electron chi connectivity index (χ3n) is 2.61. The molecule has 1 heterocycles. The molecule has 3 heteroatoms. The highest BCUT2D eigenvalue weighted by Crippen LogP contribution is 2.14. The van der Waals surface area contributed by atoms with Crippen LogP contribution in [0.1, 0.15) is 16.8 Å². The van der Waals surface area contributed by atoms with Crippen LogP contribution < -0.4 is 5.32 Å². The molecule has 0 aliphatic heterocycles. The van der Waals surface area contributed by atoms with Gasteiger partial charge in [-0.05, 0) is 24.6 Å². The minimum atomic E-state index is 0.335. The summed E-state index contributed by atoms with van der Waals surface area (Å²) in [6.45, 7) is 3.38. The first-order chi connectivity index (χ1) is 8.25. The highest BCUT2D eigenvalue weighted by Gasteiger charge is 1.99. The predicted octanol–water partition coefficient (Wildman–Crippen LogP) is 2.39. The molecule has 0 saturated carbocycles. The predicted molar refractivity (Wildman–Crippen MR) is 67.6 cm³/mol. The van der Waals surface area contributed by atoms with Crippen LogP contribution in [0.2, 0.25) is 0 Å². The van der Waals surface area contributed by atoms with Crippen LogP contribution in [0.3, 0.4) is 0 Å². The lowest BCUT2D eigenvalue weighted by Gasteiger charge is -2.06. The third kappa shape index (κ3) is 3.29. The van der Waals surface area contributed by atoms with Crippen molar-refractivity contribution in [2.75, 3.05) is 0 Å². The second kappa shape index (κ2) is 5.46. The zero-order chi connectivity index (χ0) is 12.1. The number of aromatic nitrogens is 1. The molecular weight excluding hydrogens is 212 g/mol. The lowest BCUT2D eigenvalue weighted by molar-refractivity contribution is 0.464. The smallest absolute Gasteiger partial charge is 0.120 e. The number of benzene rings is 1. The number of hydrogen-bond acceptors (Lipinski definition) is 3. The molecule has 0 amide bonds. The molecule has 0 fully saturated rings. The Morgan fingerprint density at radius 3 is 2.65 bits per heavy atom. The largest absolute Gasteiger partial charge is 0.508 e. The van der Waals surface area contributed by atoms with E-state index in [1.165, 1.54) is 0 Å². The normalized spacial score (nSPS) is 10.4. The summed E-state index contributed by atoms with van der Waals surface area (Å²) in [5.74, 6) is 0.335. The number of aromatic hydroxyl groups is 1. The van der Waals surface area contributed by atoms with Crippen LogP contribution in [0.4, 0.5) is 0 Å². The number of aryl methyl sites for hydroxylation is 1. The number of hydrogen-bond donors (Lipinski definition) is 2. The van der Waals surface area contributed by atoms with Gasteiger partial charge in [0.1, 0.15) is 5.75 Å². The molecular formula is C14H16N2O. The molecule has 0 unspecified atom stereocenters. The van der Waals surface area contributed by atoms with Gasteiger partial charge in [-0.25, -0.2) is 0 Å². The van der Waals surface area contributed by atoms with Gasteiger partial charge < -0.3 is 10.4 Å². The Bertz CT molecular complexity index is 480. The summed E-state index contributed by atoms with van der Waals surface area (Å²) in [6, 6.07) is 11.4. The van der Waals surface area contributed by atoms with Gasteiger partial charge in [-0.15, -0.1) is 0 Å². The van der Waals surface area contributed by atoms with E-state index in [1.807, 2.05) is 37.4 Å². The van der Waals surface area contributed by atoms with Crippen LogP contribution in [0, 0.1) is 6.92 Å². The van der Waals surface area contributed by atoms with Crippen LogP contribution in [0.15, 0.2) is 42.6 Å². The van der Waals surface area contributed by atoms with Gasteiger partial charge in [-0.3, -0.25) is 4.98 Å². The van der Waals surface area contributed by atoms with Gasteiger partial charge >= 0.3 is 0 Å². The highest BCUT2D eigenvalue weighted by atomic mass is 16.3. The van der Waals surface area contributed by atoms with E-state index in [-0.39, 0.29) is 0 Å². The van der Waals surface area contributed by atoms with Crippen LogP contribution >= 0.6 is 0 Å². The maximum absolute atomic E-state index is 9.59. The van der Waals surface area contributed by atoms with Crippen molar-refractivity contribution in [2.45, 2.75) is 20.0 Å². The van der Waals surface area contributed by atoms with Gasteiger partial charge in [-0.1, -0.05) is 24.3 Å². The summed E-state index contributed by atoms with van der Waals surface area (Å²) in [6.07, 6.45) is 1.87. The summed E-state index contributed by atoms with van der Waals surface area (Å²) in [7, 11) is 0. The second-order valence-electron chi connectivity index (χ2n) is 4.04. The lowest BCUT2D eigenvalue weighted by Crippen LogP contribution is -2.12. The van der Waals surface area contributed by atoms with Crippen molar-refractivity contribution in [1.82, 2.24) is 10.3 Å². The molecule has 0 bridgehead atoms. The lowest BCUT2D eigenvalue weighted by atomic mass is 10.2. The maximum atomic E-state index is 9.59. The molecule has 0 radical (unpaired) electrons. The molecule has 1 aromatic carbocycles. The Hall–Kier alpha value is -1.87. The Labute approximate surface area is 101 Å². The van der Waals surface area contributed by atoms with Crippen LogP contribution in [-0.4, -0.2) is 10.1 Å². The van der Waals surface area contributed by atoms with E-state index in [4.69, 9.17) is 0 Å². The molecule has 0 atom stereocenters. The minimum absolute atomic E-state index is 0.335. The first-order valence-electron chi connectivity index (χ1n) is 5.65. The standard InChI is InChI=1S/C14H16N2O/c1-11-6-7-12(9-16-11)8-15-10-13-4-2-3-5-14(13)17/h2-7,9,15,17H,8,10H2,1H3. The third-order valence-corrected chi connectivity index (χ3v) is 2.61. The summed E-state index contributed by atoms with van der Waals surface area (Å²) in [5.41, 5.74) is 3.08. The minimum Gasteiger partial charge on any atom is -0.508 e. The fourth-order valence-electron chi connectivity index (χ4n) is 1.60. The monoisotopic (exact) mass is 228 g/mol. The number of para-hydroxylation sites is 1. The topological polar surface area (TPSA) is 45.1 Å². The molecule has 17 heavy (non-hydrogen) atoms. The molecule has 2 N–H and O–H groups in total. The van der Waals surface area contributed by atoms with Crippen molar-refractivity contribution in [3.8, 4) is 5.75 Å². The summed E-state index contributed by atoms with van der Waals surface area (Å²) < 4.78 is 0. The van der Waals surface area contributed by atoms with Gasteiger partial charge in [0.05, 0.1) is 0 Å². The second-order valence-corrected chi connectivity index (χ2v) is 4.04. The average molecular weight is 228 g/mol. The Balaban J connectivity index is 1.88. The molecule has 0 aliphatic carbocycles. The van der Waals surface area contributed by atoms with E-state index < -0.39 is 0 Å². The zero-order valence-electron chi connectivity index (χ0n) is 9.85. The van der Waals surface area contributed by atoms with Crippen LogP contribution in [0.5, 0.6) is 5.75 Å². The van der Waals surface area contributed by atoms with E-state index in [0.717, 1.165) is 23.4 Å². The molecule has 88 valence electrons. The maximum Gasteiger partial charge on any atom is 0.120 e. The highest BCUT2D eigenvalue weighted by molar-refractivity contribution is 5.31. The fraction of sp³-hybridized carbons (Fsp3) is 0.214. The molecule has 1 aromatic heterocycles. The van der Waals surface area contributed by atoms with E-state index in [1.54, 1.807) is 6.07 Å². The van der Waals surface area contributed by atoms with Crippen molar-refractivity contribution < 1.29 is 5.11 Å².